The lowest BCUT2D eigenvalue weighted by Crippen LogP contribution is -2.40. The van der Waals surface area contributed by atoms with Gasteiger partial charge in [-0.1, -0.05) is 11.6 Å². The number of hydrogen-bond donors (Lipinski definition) is 1. The molecule has 5 heteroatoms. The number of nitrogens with zero attached hydrogens (tertiary/aromatic N) is 1. The molecule has 4 nitrogen and oxygen atoms in total. The minimum atomic E-state index is -0.0229. The topological polar surface area (TPSA) is 55.6 Å². The zero-order valence-electron chi connectivity index (χ0n) is 10.4. The van der Waals surface area contributed by atoms with Crippen LogP contribution in [-0.4, -0.2) is 37.1 Å². The van der Waals surface area contributed by atoms with Crippen LogP contribution in [0.5, 0.6) is 0 Å². The lowest BCUT2D eigenvalue weighted by molar-refractivity contribution is 0.0362. The van der Waals surface area contributed by atoms with Gasteiger partial charge in [-0.2, -0.15) is 0 Å². The molecule has 2 rings (SSSR count). The number of nitrogen functional groups attached to an aromatic ring is 1. The summed E-state index contributed by atoms with van der Waals surface area (Å²) < 4.78 is 5.29. The van der Waals surface area contributed by atoms with Crippen molar-refractivity contribution in [2.45, 2.75) is 18.9 Å². The number of benzene rings is 1. The number of halogens is 1. The first-order valence-corrected chi connectivity index (χ1v) is 6.37. The Bertz CT molecular complexity index is 445. The molecule has 0 aliphatic carbocycles. The van der Waals surface area contributed by atoms with Crippen LogP contribution in [0.4, 0.5) is 5.69 Å². The van der Waals surface area contributed by atoms with E-state index in [0.29, 0.717) is 29.5 Å². The van der Waals surface area contributed by atoms with Crippen LogP contribution in [0.2, 0.25) is 5.02 Å². The van der Waals surface area contributed by atoms with Crippen molar-refractivity contribution < 1.29 is 9.53 Å². The predicted octanol–water partition coefficient (Wildman–Crippen LogP) is 2.17. The molecule has 1 aliphatic heterocycles. The van der Waals surface area contributed by atoms with Crippen molar-refractivity contribution in [1.29, 1.82) is 0 Å². The third-order valence-electron chi connectivity index (χ3n) is 3.30. The van der Waals surface area contributed by atoms with E-state index >= 15 is 0 Å². The van der Waals surface area contributed by atoms with Crippen molar-refractivity contribution in [2.75, 3.05) is 26.0 Å². The van der Waals surface area contributed by atoms with Crippen LogP contribution in [0.1, 0.15) is 23.2 Å². The molecule has 1 amide bonds. The molecule has 0 spiro atoms. The Balaban J connectivity index is 2.11. The standard InChI is InChI=1S/C13H17ClN2O2/c1-16(10-4-6-18-7-5-10)13(17)9-2-3-11(14)12(15)8-9/h2-3,8,10H,4-7,15H2,1H3. The number of hydrogen-bond acceptors (Lipinski definition) is 3. The number of ether oxygens (including phenoxy) is 1. The van der Waals surface area contributed by atoms with E-state index in [1.165, 1.54) is 0 Å². The van der Waals surface area contributed by atoms with Crippen molar-refractivity contribution in [3.8, 4) is 0 Å². The molecule has 0 saturated carbocycles. The normalized spacial score (nSPS) is 16.6. The summed E-state index contributed by atoms with van der Waals surface area (Å²) in [7, 11) is 1.82. The number of rotatable bonds is 2. The maximum Gasteiger partial charge on any atom is 0.253 e. The molecule has 0 radical (unpaired) electrons. The van der Waals surface area contributed by atoms with E-state index in [1.807, 2.05) is 7.05 Å². The largest absolute Gasteiger partial charge is 0.398 e. The Kier molecular flexibility index (Phi) is 4.09. The Hall–Kier alpha value is -1.26. The third kappa shape index (κ3) is 2.76. The fourth-order valence-electron chi connectivity index (χ4n) is 2.12. The monoisotopic (exact) mass is 268 g/mol. The fourth-order valence-corrected chi connectivity index (χ4v) is 2.24. The molecule has 0 bridgehead atoms. The lowest BCUT2D eigenvalue weighted by Gasteiger charge is -2.31. The van der Waals surface area contributed by atoms with E-state index in [4.69, 9.17) is 22.1 Å². The highest BCUT2D eigenvalue weighted by molar-refractivity contribution is 6.33. The van der Waals surface area contributed by atoms with Gasteiger partial charge in [0.25, 0.3) is 5.91 Å². The van der Waals surface area contributed by atoms with Crippen molar-refractivity contribution in [2.24, 2.45) is 0 Å². The summed E-state index contributed by atoms with van der Waals surface area (Å²) in [4.78, 5) is 14.1. The zero-order valence-corrected chi connectivity index (χ0v) is 11.1. The molecule has 0 aromatic heterocycles. The fraction of sp³-hybridized carbons (Fsp3) is 0.462. The highest BCUT2D eigenvalue weighted by Crippen LogP contribution is 2.22. The quantitative estimate of drug-likeness (QED) is 0.837. The lowest BCUT2D eigenvalue weighted by atomic mass is 10.1. The molecule has 18 heavy (non-hydrogen) atoms. The summed E-state index contributed by atoms with van der Waals surface area (Å²) in [6, 6.07) is 5.22. The zero-order chi connectivity index (χ0) is 13.1. The van der Waals surface area contributed by atoms with Crippen molar-refractivity contribution in [1.82, 2.24) is 4.90 Å². The first-order chi connectivity index (χ1) is 8.59. The number of amides is 1. The predicted molar refractivity (Wildman–Crippen MR) is 71.8 cm³/mol. The highest BCUT2D eigenvalue weighted by atomic mass is 35.5. The molecular formula is C13H17ClN2O2. The number of nitrogens with two attached hydrogens (primary N) is 1. The first-order valence-electron chi connectivity index (χ1n) is 5.99. The van der Waals surface area contributed by atoms with Crippen LogP contribution >= 0.6 is 11.6 Å². The number of carbonyl (C=O) groups is 1. The van der Waals surface area contributed by atoms with E-state index in [2.05, 4.69) is 0 Å². The SMILES string of the molecule is CN(C(=O)c1ccc(Cl)c(N)c1)C1CCOCC1. The van der Waals surface area contributed by atoms with Gasteiger partial charge in [0.1, 0.15) is 0 Å². The van der Waals surface area contributed by atoms with Gasteiger partial charge in [0, 0.05) is 31.9 Å². The van der Waals surface area contributed by atoms with Crippen LogP contribution in [-0.2, 0) is 4.74 Å². The average molecular weight is 269 g/mol. The van der Waals surface area contributed by atoms with E-state index in [0.717, 1.165) is 12.8 Å². The number of carbonyl (C=O) groups excluding carboxylic acids is 1. The first kappa shape index (κ1) is 13.2. The maximum atomic E-state index is 12.3. The van der Waals surface area contributed by atoms with E-state index in [-0.39, 0.29) is 11.9 Å². The van der Waals surface area contributed by atoms with Gasteiger partial charge in [-0.15, -0.1) is 0 Å². The average Bonchev–Trinajstić information content (AvgIpc) is 2.41. The summed E-state index contributed by atoms with van der Waals surface area (Å²) in [6.45, 7) is 1.43. The summed E-state index contributed by atoms with van der Waals surface area (Å²) in [6.07, 6.45) is 1.76. The van der Waals surface area contributed by atoms with Gasteiger partial charge in [-0.25, -0.2) is 0 Å². The molecule has 0 unspecified atom stereocenters. The molecule has 1 aliphatic rings. The molecule has 1 fully saturated rings. The second-order valence-electron chi connectivity index (χ2n) is 4.50. The molecule has 98 valence electrons. The molecule has 0 atom stereocenters. The van der Waals surface area contributed by atoms with E-state index in [9.17, 15) is 4.79 Å². The second-order valence-corrected chi connectivity index (χ2v) is 4.90. The van der Waals surface area contributed by atoms with Gasteiger partial charge in [-0.3, -0.25) is 4.79 Å². The second kappa shape index (κ2) is 5.59. The summed E-state index contributed by atoms with van der Waals surface area (Å²) in [5.41, 5.74) is 6.72. The van der Waals surface area contributed by atoms with Crippen LogP contribution in [0.3, 0.4) is 0 Å². The van der Waals surface area contributed by atoms with Gasteiger partial charge in [0.15, 0.2) is 0 Å². The summed E-state index contributed by atoms with van der Waals surface area (Å²) >= 11 is 5.85. The van der Waals surface area contributed by atoms with E-state index < -0.39 is 0 Å². The van der Waals surface area contributed by atoms with Crippen molar-refractivity contribution >= 4 is 23.2 Å². The van der Waals surface area contributed by atoms with Crippen molar-refractivity contribution in [3.05, 3.63) is 28.8 Å². The maximum absolute atomic E-state index is 12.3. The molecule has 1 aromatic carbocycles. The van der Waals surface area contributed by atoms with Gasteiger partial charge in [0.2, 0.25) is 0 Å². The Morgan fingerprint density at radius 2 is 2.11 bits per heavy atom. The Morgan fingerprint density at radius 1 is 1.44 bits per heavy atom. The highest BCUT2D eigenvalue weighted by Gasteiger charge is 2.23. The van der Waals surface area contributed by atoms with Crippen LogP contribution < -0.4 is 5.73 Å². The van der Waals surface area contributed by atoms with Gasteiger partial charge in [-0.05, 0) is 31.0 Å². The van der Waals surface area contributed by atoms with Crippen molar-refractivity contribution in [3.63, 3.8) is 0 Å². The Morgan fingerprint density at radius 3 is 2.72 bits per heavy atom. The van der Waals surface area contributed by atoms with Gasteiger partial charge >= 0.3 is 0 Å². The van der Waals surface area contributed by atoms with E-state index in [1.54, 1.807) is 23.1 Å². The minimum absolute atomic E-state index is 0.0229. The van der Waals surface area contributed by atoms with Crippen LogP contribution in [0.15, 0.2) is 18.2 Å². The molecular weight excluding hydrogens is 252 g/mol. The van der Waals surface area contributed by atoms with Crippen LogP contribution in [0.25, 0.3) is 0 Å². The Labute approximate surface area is 112 Å². The molecule has 2 N–H and O–H groups in total. The summed E-state index contributed by atoms with van der Waals surface area (Å²) in [5, 5.41) is 0.472. The third-order valence-corrected chi connectivity index (χ3v) is 3.65. The molecule has 1 aromatic rings. The summed E-state index contributed by atoms with van der Waals surface area (Å²) in [5.74, 6) is -0.0229. The molecule has 1 heterocycles. The smallest absolute Gasteiger partial charge is 0.253 e. The van der Waals surface area contributed by atoms with Crippen LogP contribution in [0, 0.1) is 0 Å². The van der Waals surface area contributed by atoms with Gasteiger partial charge < -0.3 is 15.4 Å². The van der Waals surface area contributed by atoms with Gasteiger partial charge in [0.05, 0.1) is 10.7 Å². The molecule has 1 saturated heterocycles. The minimum Gasteiger partial charge on any atom is -0.398 e. The number of anilines is 1.